The van der Waals surface area contributed by atoms with Gasteiger partial charge in [-0.15, -0.1) is 0 Å². The smallest absolute Gasteiger partial charge is 0.329 e. The van der Waals surface area contributed by atoms with Gasteiger partial charge in [-0.3, -0.25) is 4.79 Å². The number of halogens is 2. The van der Waals surface area contributed by atoms with Crippen LogP contribution in [0.1, 0.15) is 36.0 Å². The number of benzene rings is 1. The summed E-state index contributed by atoms with van der Waals surface area (Å²) in [6.07, 6.45) is 4.98. The zero-order valence-corrected chi connectivity index (χ0v) is 25.0. The minimum Gasteiger partial charge on any atom is -0.494 e. The number of pyridine rings is 1. The topological polar surface area (TPSA) is 115 Å². The van der Waals surface area contributed by atoms with E-state index in [1.54, 1.807) is 25.3 Å². The van der Waals surface area contributed by atoms with Gasteiger partial charge in [0.25, 0.3) is 5.91 Å². The van der Waals surface area contributed by atoms with Gasteiger partial charge in [0.05, 0.1) is 30.1 Å². The number of amides is 1. The lowest BCUT2D eigenvalue weighted by molar-refractivity contribution is 0.0353. The van der Waals surface area contributed by atoms with E-state index >= 15 is 0 Å². The van der Waals surface area contributed by atoms with Crippen molar-refractivity contribution >= 4 is 43.8 Å². The highest BCUT2D eigenvalue weighted by atomic mass is 32.2. The number of methoxy groups -OCH3 is 1. The number of carbonyl (C=O) groups is 1. The van der Waals surface area contributed by atoms with E-state index in [1.807, 2.05) is 27.1 Å². The third-order valence-electron chi connectivity index (χ3n) is 8.86. The van der Waals surface area contributed by atoms with Gasteiger partial charge >= 0.3 is 6.55 Å². The van der Waals surface area contributed by atoms with Crippen molar-refractivity contribution in [1.29, 1.82) is 0 Å². The maximum absolute atomic E-state index is 13.8. The summed E-state index contributed by atoms with van der Waals surface area (Å²) < 4.78 is 61.5. The van der Waals surface area contributed by atoms with E-state index in [1.165, 1.54) is 6.07 Å². The molecule has 2 saturated heterocycles. The number of sulfonamides is 1. The minimum absolute atomic E-state index is 0.0295. The third kappa shape index (κ3) is 4.71. The highest BCUT2D eigenvalue weighted by molar-refractivity contribution is 7.92. The molecule has 1 aliphatic carbocycles. The molecule has 1 amide bonds. The van der Waals surface area contributed by atoms with Crippen molar-refractivity contribution < 1.29 is 26.7 Å². The first kappa shape index (κ1) is 28.0. The SMILES string of the molecule is COc1cc(C(=O)N2CC3(CCCN3)C2)cc2nc(-c3cc4ccc(N(C(F)F)S(C)(=O)=O)nc4n3CC3CC3)n(C)c12. The van der Waals surface area contributed by atoms with Crippen molar-refractivity contribution in [1.82, 2.24) is 29.3 Å². The number of nitrogens with one attached hydrogen (secondary N) is 1. The first-order chi connectivity index (χ1) is 20.5. The number of anilines is 1. The van der Waals surface area contributed by atoms with E-state index in [0.717, 1.165) is 38.5 Å². The molecule has 5 heterocycles. The van der Waals surface area contributed by atoms with Crippen molar-refractivity contribution in [3.05, 3.63) is 35.9 Å². The molecule has 1 spiro atoms. The van der Waals surface area contributed by atoms with E-state index in [-0.39, 0.29) is 21.6 Å². The fraction of sp³-hybridized carbons (Fsp3) is 0.483. The zero-order valence-electron chi connectivity index (χ0n) is 24.2. The number of imidazole rings is 1. The maximum Gasteiger partial charge on any atom is 0.329 e. The van der Waals surface area contributed by atoms with Crippen molar-refractivity contribution in [3.8, 4) is 17.3 Å². The molecule has 3 aromatic heterocycles. The summed E-state index contributed by atoms with van der Waals surface area (Å²) >= 11 is 0. The van der Waals surface area contributed by atoms with Gasteiger partial charge in [0.15, 0.2) is 5.82 Å². The lowest BCUT2D eigenvalue weighted by atomic mass is 9.87. The molecule has 7 rings (SSSR count). The third-order valence-corrected chi connectivity index (χ3v) is 9.93. The summed E-state index contributed by atoms with van der Waals surface area (Å²) in [4.78, 5) is 24.7. The van der Waals surface area contributed by atoms with Crippen LogP contribution in [0.25, 0.3) is 33.6 Å². The number of ether oxygens (including phenoxy) is 1. The van der Waals surface area contributed by atoms with E-state index in [4.69, 9.17) is 9.72 Å². The normalized spacial score (nSPS) is 18.2. The standard InChI is InChI=1S/C29H33F2N7O4S/c1-35-24-20(11-19(13-22(24)42-2)27(39)36-15-29(16-36)9-4-10-32-29)33-26(35)21-12-18-7-8-23(38(28(30)31)43(3,40)41)34-25(18)37(21)14-17-5-6-17/h7-8,11-13,17,28,32H,4-6,9-10,14-16H2,1-3H3. The molecule has 228 valence electrons. The Balaban J connectivity index is 1.32. The fourth-order valence-corrected chi connectivity index (χ4v) is 7.28. The van der Waals surface area contributed by atoms with Crippen LogP contribution >= 0.6 is 0 Å². The molecule has 4 aromatic rings. The fourth-order valence-electron chi connectivity index (χ4n) is 6.55. The molecular weight excluding hydrogens is 580 g/mol. The average molecular weight is 614 g/mol. The van der Waals surface area contributed by atoms with Crippen LogP contribution in [0.5, 0.6) is 5.75 Å². The van der Waals surface area contributed by atoms with Gasteiger partial charge in [-0.2, -0.15) is 13.1 Å². The second kappa shape index (κ2) is 9.88. The summed E-state index contributed by atoms with van der Waals surface area (Å²) in [5, 5.41) is 4.20. The Morgan fingerprint density at radius 3 is 2.60 bits per heavy atom. The van der Waals surface area contributed by atoms with E-state index in [9.17, 15) is 22.0 Å². The van der Waals surface area contributed by atoms with Crippen LogP contribution in [-0.4, -0.2) is 83.4 Å². The highest BCUT2D eigenvalue weighted by Crippen LogP contribution is 2.39. The quantitative estimate of drug-likeness (QED) is 0.302. The maximum atomic E-state index is 13.8. The van der Waals surface area contributed by atoms with Crippen LogP contribution in [0.4, 0.5) is 14.6 Å². The molecule has 0 unspecified atom stereocenters. The number of alkyl halides is 2. The number of likely N-dealkylation sites (tertiary alicyclic amines) is 1. The van der Waals surface area contributed by atoms with Crippen LogP contribution < -0.4 is 14.4 Å². The van der Waals surface area contributed by atoms with Gasteiger partial charge in [-0.05, 0) is 68.5 Å². The predicted molar refractivity (Wildman–Crippen MR) is 158 cm³/mol. The number of aromatic nitrogens is 4. The summed E-state index contributed by atoms with van der Waals surface area (Å²) in [5.41, 5.74) is 2.95. The van der Waals surface area contributed by atoms with Crippen LogP contribution in [0.3, 0.4) is 0 Å². The first-order valence-electron chi connectivity index (χ1n) is 14.3. The predicted octanol–water partition coefficient (Wildman–Crippen LogP) is 3.58. The number of rotatable bonds is 8. The Kier molecular flexibility index (Phi) is 6.43. The highest BCUT2D eigenvalue weighted by Gasteiger charge is 2.46. The molecule has 3 fully saturated rings. The number of fused-ring (bicyclic) bond motifs is 2. The molecular formula is C29H33F2N7O4S. The van der Waals surface area contributed by atoms with Gasteiger partial charge in [0.1, 0.15) is 22.7 Å². The molecule has 11 nitrogen and oxygen atoms in total. The van der Waals surface area contributed by atoms with Gasteiger partial charge in [-0.25, -0.2) is 18.4 Å². The van der Waals surface area contributed by atoms with Crippen LogP contribution in [0, 0.1) is 5.92 Å². The largest absolute Gasteiger partial charge is 0.494 e. The summed E-state index contributed by atoms with van der Waals surface area (Å²) in [6, 6.07) is 8.31. The van der Waals surface area contributed by atoms with E-state index in [2.05, 4.69) is 10.3 Å². The van der Waals surface area contributed by atoms with Crippen molar-refractivity contribution in [2.24, 2.45) is 13.0 Å². The Morgan fingerprint density at radius 2 is 1.98 bits per heavy atom. The Bertz CT molecular complexity index is 1870. The molecule has 3 aliphatic rings. The molecule has 1 aromatic carbocycles. The van der Waals surface area contributed by atoms with Gasteiger partial charge in [0, 0.05) is 37.6 Å². The molecule has 1 N–H and O–H groups in total. The van der Waals surface area contributed by atoms with Gasteiger partial charge in [0.2, 0.25) is 10.0 Å². The zero-order chi connectivity index (χ0) is 30.3. The number of aryl methyl sites for hydroxylation is 1. The molecule has 0 atom stereocenters. The Labute approximate surface area is 247 Å². The van der Waals surface area contributed by atoms with Gasteiger partial charge in [-0.1, -0.05) is 0 Å². The van der Waals surface area contributed by atoms with E-state index < -0.39 is 16.6 Å². The monoisotopic (exact) mass is 613 g/mol. The molecule has 2 aliphatic heterocycles. The Morgan fingerprint density at radius 1 is 1.21 bits per heavy atom. The average Bonchev–Trinajstić information content (AvgIpc) is 3.33. The number of nitrogens with zero attached hydrogens (tertiary/aromatic N) is 6. The molecule has 43 heavy (non-hydrogen) atoms. The van der Waals surface area contributed by atoms with Crippen molar-refractivity contribution in [2.75, 3.05) is 37.3 Å². The number of hydrogen-bond donors (Lipinski definition) is 1. The lowest BCUT2D eigenvalue weighted by Crippen LogP contribution is -2.67. The van der Waals surface area contributed by atoms with Crippen molar-refractivity contribution in [2.45, 2.75) is 44.3 Å². The summed E-state index contributed by atoms with van der Waals surface area (Å²) in [7, 11) is -0.842. The van der Waals surface area contributed by atoms with Crippen LogP contribution in [-0.2, 0) is 23.6 Å². The molecule has 0 bridgehead atoms. The Hall–Kier alpha value is -3.78. The van der Waals surface area contributed by atoms with Gasteiger partial charge < -0.3 is 24.1 Å². The minimum atomic E-state index is -4.26. The van der Waals surface area contributed by atoms with Crippen molar-refractivity contribution in [3.63, 3.8) is 0 Å². The number of hydrogen-bond acceptors (Lipinski definition) is 7. The second-order valence-corrected chi connectivity index (χ2v) is 13.9. The number of carbonyl (C=O) groups excluding carboxylic acids is 1. The molecule has 14 heteroatoms. The summed E-state index contributed by atoms with van der Waals surface area (Å²) in [5.74, 6) is 1.08. The lowest BCUT2D eigenvalue weighted by Gasteiger charge is -2.48. The summed E-state index contributed by atoms with van der Waals surface area (Å²) in [6.45, 7) is -0.352. The molecule has 1 saturated carbocycles. The first-order valence-corrected chi connectivity index (χ1v) is 16.2. The second-order valence-electron chi connectivity index (χ2n) is 12.0. The van der Waals surface area contributed by atoms with Crippen LogP contribution in [0.2, 0.25) is 0 Å². The van der Waals surface area contributed by atoms with E-state index in [0.29, 0.717) is 70.5 Å². The van der Waals surface area contributed by atoms with Crippen LogP contribution in [0.15, 0.2) is 30.3 Å². The molecule has 0 radical (unpaired) electrons.